The number of rotatable bonds is 5. The highest BCUT2D eigenvalue weighted by Gasteiger charge is 2.14. The molecule has 0 spiro atoms. The lowest BCUT2D eigenvalue weighted by Crippen LogP contribution is -2.35. The van der Waals surface area contributed by atoms with Crippen LogP contribution in [-0.4, -0.2) is 35.1 Å². The number of hydrogen-bond acceptors (Lipinski definition) is 2. The summed E-state index contributed by atoms with van der Waals surface area (Å²) in [6.45, 7) is 2.69. The molecule has 0 bridgehead atoms. The maximum Gasteiger partial charge on any atom is 0.336 e. The summed E-state index contributed by atoms with van der Waals surface area (Å²) >= 11 is 3.15. The molecule has 0 aliphatic carbocycles. The van der Waals surface area contributed by atoms with Crippen molar-refractivity contribution in [1.82, 2.24) is 4.90 Å². The van der Waals surface area contributed by atoms with Gasteiger partial charge in [-0.05, 0) is 40.5 Å². The van der Waals surface area contributed by atoms with Gasteiger partial charge in [-0.3, -0.25) is 0 Å². The predicted molar refractivity (Wildman–Crippen MR) is 80.8 cm³/mol. The van der Waals surface area contributed by atoms with E-state index in [0.717, 1.165) is 6.42 Å². The highest BCUT2D eigenvalue weighted by Crippen LogP contribution is 2.21. The number of carbonyl (C=O) groups is 2. The van der Waals surface area contributed by atoms with Crippen LogP contribution >= 0.6 is 15.9 Å². The Morgan fingerprint density at radius 1 is 1.50 bits per heavy atom. The zero-order chi connectivity index (χ0) is 15.1. The van der Waals surface area contributed by atoms with E-state index in [1.807, 2.05) is 6.92 Å². The fourth-order valence-corrected chi connectivity index (χ4v) is 2.02. The second-order valence-corrected chi connectivity index (χ2v) is 4.91. The van der Waals surface area contributed by atoms with E-state index < -0.39 is 5.97 Å². The summed E-state index contributed by atoms with van der Waals surface area (Å²) in [5.74, 6) is 1.35. The Balaban J connectivity index is 2.87. The summed E-state index contributed by atoms with van der Waals surface area (Å²) in [6.07, 6.45) is 6.01. The standard InChI is InChI=1S/C14H15BrN2O3/c1-3-7-17(8-4-2)14(20)16-10-5-6-12(15)11(9-10)13(18)19/h1,5-6,9H,4,7-8H2,2H3,(H,16,20)(H,18,19). The number of carboxylic acids is 1. The number of nitrogens with zero attached hydrogens (tertiary/aromatic N) is 1. The van der Waals surface area contributed by atoms with Crippen LogP contribution in [0.2, 0.25) is 0 Å². The van der Waals surface area contributed by atoms with Crippen LogP contribution in [0, 0.1) is 12.3 Å². The van der Waals surface area contributed by atoms with Crippen molar-refractivity contribution in [2.45, 2.75) is 13.3 Å². The zero-order valence-corrected chi connectivity index (χ0v) is 12.6. The van der Waals surface area contributed by atoms with Gasteiger partial charge in [0.25, 0.3) is 0 Å². The number of nitrogens with one attached hydrogen (secondary N) is 1. The van der Waals surface area contributed by atoms with Gasteiger partial charge < -0.3 is 15.3 Å². The Morgan fingerprint density at radius 2 is 2.20 bits per heavy atom. The lowest BCUT2D eigenvalue weighted by Gasteiger charge is -2.20. The number of carboxylic acid groups (broad SMARTS) is 1. The van der Waals surface area contributed by atoms with Crippen molar-refractivity contribution < 1.29 is 14.7 Å². The van der Waals surface area contributed by atoms with E-state index in [1.165, 1.54) is 11.0 Å². The van der Waals surface area contributed by atoms with Crippen LogP contribution in [0.4, 0.5) is 10.5 Å². The molecule has 1 rings (SSSR count). The average Bonchev–Trinajstić information content (AvgIpc) is 2.40. The zero-order valence-electron chi connectivity index (χ0n) is 11.0. The van der Waals surface area contributed by atoms with E-state index in [1.54, 1.807) is 12.1 Å². The van der Waals surface area contributed by atoms with Gasteiger partial charge >= 0.3 is 12.0 Å². The van der Waals surface area contributed by atoms with E-state index >= 15 is 0 Å². The molecule has 0 saturated carbocycles. The van der Waals surface area contributed by atoms with Crippen molar-refractivity contribution in [3.8, 4) is 12.3 Å². The second-order valence-electron chi connectivity index (χ2n) is 4.06. The minimum atomic E-state index is -1.07. The largest absolute Gasteiger partial charge is 0.478 e. The summed E-state index contributed by atoms with van der Waals surface area (Å²) in [7, 11) is 0. The summed E-state index contributed by atoms with van der Waals surface area (Å²) < 4.78 is 0.456. The molecule has 0 atom stereocenters. The summed E-state index contributed by atoms with van der Waals surface area (Å²) in [4.78, 5) is 24.5. The monoisotopic (exact) mass is 338 g/mol. The van der Waals surface area contributed by atoms with Crippen LogP contribution < -0.4 is 5.32 Å². The number of amides is 2. The molecule has 106 valence electrons. The maximum absolute atomic E-state index is 12.0. The molecule has 1 aromatic rings. The molecule has 0 unspecified atom stereocenters. The first-order valence-corrected chi connectivity index (χ1v) is 6.81. The van der Waals surface area contributed by atoms with Gasteiger partial charge in [0.15, 0.2) is 0 Å². The van der Waals surface area contributed by atoms with Crippen molar-refractivity contribution >= 4 is 33.6 Å². The average molecular weight is 339 g/mol. The molecule has 20 heavy (non-hydrogen) atoms. The van der Waals surface area contributed by atoms with E-state index in [2.05, 4.69) is 27.2 Å². The van der Waals surface area contributed by atoms with Crippen LogP contribution in [0.1, 0.15) is 23.7 Å². The van der Waals surface area contributed by atoms with Crippen molar-refractivity contribution in [2.24, 2.45) is 0 Å². The van der Waals surface area contributed by atoms with Crippen LogP contribution in [0.3, 0.4) is 0 Å². The highest BCUT2D eigenvalue weighted by atomic mass is 79.9. The van der Waals surface area contributed by atoms with Crippen molar-refractivity contribution in [3.63, 3.8) is 0 Å². The minimum Gasteiger partial charge on any atom is -0.478 e. The quantitative estimate of drug-likeness (QED) is 0.810. The number of urea groups is 1. The van der Waals surface area contributed by atoms with Crippen LogP contribution in [0.15, 0.2) is 22.7 Å². The summed E-state index contributed by atoms with van der Waals surface area (Å²) in [5.41, 5.74) is 0.496. The molecule has 2 N–H and O–H groups in total. The molecule has 0 saturated heterocycles. The topological polar surface area (TPSA) is 69.6 Å². The Labute approximate surface area is 126 Å². The van der Waals surface area contributed by atoms with Gasteiger partial charge in [-0.15, -0.1) is 6.42 Å². The fourth-order valence-electron chi connectivity index (χ4n) is 1.60. The molecular weight excluding hydrogens is 324 g/mol. The first kappa shape index (κ1) is 16.1. The van der Waals surface area contributed by atoms with E-state index in [9.17, 15) is 9.59 Å². The lowest BCUT2D eigenvalue weighted by molar-refractivity contribution is 0.0696. The molecule has 5 nitrogen and oxygen atoms in total. The van der Waals surface area contributed by atoms with Gasteiger partial charge in [-0.2, -0.15) is 0 Å². The van der Waals surface area contributed by atoms with E-state index in [-0.39, 0.29) is 18.1 Å². The predicted octanol–water partition coefficient (Wildman–Crippen LogP) is 3.02. The van der Waals surface area contributed by atoms with Gasteiger partial charge in [0.05, 0.1) is 12.1 Å². The minimum absolute atomic E-state index is 0.0850. The first-order chi connectivity index (χ1) is 9.49. The van der Waals surface area contributed by atoms with E-state index in [4.69, 9.17) is 11.5 Å². The summed E-state index contributed by atoms with van der Waals surface area (Å²) in [5, 5.41) is 11.7. The number of terminal acetylenes is 1. The molecule has 0 radical (unpaired) electrons. The maximum atomic E-state index is 12.0. The van der Waals surface area contributed by atoms with Gasteiger partial charge in [0.1, 0.15) is 0 Å². The number of aromatic carboxylic acids is 1. The van der Waals surface area contributed by atoms with Crippen molar-refractivity contribution in [3.05, 3.63) is 28.2 Å². The van der Waals surface area contributed by atoms with Gasteiger partial charge in [0.2, 0.25) is 0 Å². The molecule has 1 aromatic carbocycles. The third-order valence-electron chi connectivity index (χ3n) is 2.51. The van der Waals surface area contributed by atoms with E-state index in [0.29, 0.717) is 16.7 Å². The fraction of sp³-hybridized carbons (Fsp3) is 0.286. The Morgan fingerprint density at radius 3 is 2.75 bits per heavy atom. The van der Waals surface area contributed by atoms with Gasteiger partial charge in [-0.1, -0.05) is 12.8 Å². The lowest BCUT2D eigenvalue weighted by atomic mass is 10.2. The molecule has 0 heterocycles. The molecule has 2 amide bonds. The van der Waals surface area contributed by atoms with Crippen molar-refractivity contribution in [2.75, 3.05) is 18.4 Å². The van der Waals surface area contributed by atoms with Crippen LogP contribution in [0.25, 0.3) is 0 Å². The number of hydrogen-bond donors (Lipinski definition) is 2. The third kappa shape index (κ3) is 4.28. The second kappa shape index (κ2) is 7.56. The molecule has 0 aliphatic heterocycles. The smallest absolute Gasteiger partial charge is 0.336 e. The number of anilines is 1. The van der Waals surface area contributed by atoms with Crippen LogP contribution in [0.5, 0.6) is 0 Å². The third-order valence-corrected chi connectivity index (χ3v) is 3.20. The molecule has 0 fully saturated rings. The molecule has 0 aromatic heterocycles. The SMILES string of the molecule is C#CCN(CCC)C(=O)Nc1ccc(Br)c(C(=O)O)c1. The Bertz CT molecular complexity index is 552. The number of carbonyl (C=O) groups excluding carboxylic acids is 1. The number of benzene rings is 1. The normalized spacial score (nSPS) is 9.65. The van der Waals surface area contributed by atoms with Gasteiger partial charge in [-0.25, -0.2) is 9.59 Å². The first-order valence-electron chi connectivity index (χ1n) is 6.01. The summed E-state index contributed by atoms with van der Waals surface area (Å²) in [6, 6.07) is 4.24. The van der Waals surface area contributed by atoms with Gasteiger partial charge in [0, 0.05) is 16.7 Å². The molecular formula is C14H15BrN2O3. The van der Waals surface area contributed by atoms with Crippen LogP contribution in [-0.2, 0) is 0 Å². The Kier molecular flexibility index (Phi) is 6.07. The van der Waals surface area contributed by atoms with Crippen molar-refractivity contribution in [1.29, 1.82) is 0 Å². The highest BCUT2D eigenvalue weighted by molar-refractivity contribution is 9.10. The Hall–Kier alpha value is -2.00. The molecule has 6 heteroatoms. The molecule has 0 aliphatic rings. The number of halogens is 1.